The van der Waals surface area contributed by atoms with E-state index in [4.69, 9.17) is 15.0 Å². The molecule has 0 fully saturated rings. The molecule has 0 aliphatic carbocycles. The van der Waals surface area contributed by atoms with Gasteiger partial charge in [0, 0.05) is 6.42 Å². The molecule has 1 aromatic heterocycles. The highest BCUT2D eigenvalue weighted by Crippen LogP contribution is 2.17. The van der Waals surface area contributed by atoms with Crippen molar-refractivity contribution in [2.45, 2.75) is 18.9 Å². The zero-order chi connectivity index (χ0) is 16.1. The molecule has 1 unspecified atom stereocenters. The van der Waals surface area contributed by atoms with Crippen molar-refractivity contribution in [1.82, 2.24) is 10.1 Å². The highest BCUT2D eigenvalue weighted by atomic mass is 16.5. The van der Waals surface area contributed by atoms with E-state index in [2.05, 4.69) is 10.1 Å². The van der Waals surface area contributed by atoms with Crippen LogP contribution in [0.4, 0.5) is 0 Å². The third kappa shape index (κ3) is 3.96. The summed E-state index contributed by atoms with van der Waals surface area (Å²) < 4.78 is 10.5. The Kier molecular flexibility index (Phi) is 4.68. The number of rotatable bonds is 6. The van der Waals surface area contributed by atoms with Gasteiger partial charge in [-0.05, 0) is 29.7 Å². The third-order valence-corrected chi connectivity index (χ3v) is 3.60. The summed E-state index contributed by atoms with van der Waals surface area (Å²) in [6, 6.07) is 17.5. The van der Waals surface area contributed by atoms with Crippen molar-refractivity contribution < 1.29 is 9.26 Å². The van der Waals surface area contributed by atoms with Gasteiger partial charge < -0.3 is 15.0 Å². The Hall–Kier alpha value is -2.66. The molecule has 5 heteroatoms. The monoisotopic (exact) mass is 309 g/mol. The minimum absolute atomic E-state index is 0.302. The van der Waals surface area contributed by atoms with Gasteiger partial charge in [0.15, 0.2) is 5.82 Å². The van der Waals surface area contributed by atoms with Gasteiger partial charge in [-0.2, -0.15) is 4.98 Å². The Morgan fingerprint density at radius 3 is 2.65 bits per heavy atom. The first-order chi connectivity index (χ1) is 11.2. The van der Waals surface area contributed by atoms with E-state index < -0.39 is 0 Å². The average molecular weight is 309 g/mol. The zero-order valence-corrected chi connectivity index (χ0v) is 13.0. The Morgan fingerprint density at radius 1 is 1.09 bits per heavy atom. The summed E-state index contributed by atoms with van der Waals surface area (Å²) in [6.07, 6.45) is 1.25. The summed E-state index contributed by atoms with van der Waals surface area (Å²) in [5.74, 6) is 1.90. The molecule has 3 aromatic rings. The lowest BCUT2D eigenvalue weighted by molar-refractivity contribution is 0.350. The highest BCUT2D eigenvalue weighted by Gasteiger charge is 2.15. The lowest BCUT2D eigenvalue weighted by atomic mass is 10.1. The second-order valence-corrected chi connectivity index (χ2v) is 5.37. The van der Waals surface area contributed by atoms with E-state index in [1.807, 2.05) is 54.6 Å². The quantitative estimate of drug-likeness (QED) is 0.758. The maximum Gasteiger partial charge on any atom is 0.243 e. The molecule has 0 spiro atoms. The van der Waals surface area contributed by atoms with E-state index in [0.717, 1.165) is 16.9 Å². The molecule has 0 saturated heterocycles. The number of hydrogen-bond acceptors (Lipinski definition) is 5. The molecular weight excluding hydrogens is 290 g/mol. The van der Waals surface area contributed by atoms with E-state index in [1.54, 1.807) is 7.11 Å². The van der Waals surface area contributed by atoms with Crippen LogP contribution in [0.25, 0.3) is 0 Å². The topological polar surface area (TPSA) is 74.2 Å². The van der Waals surface area contributed by atoms with Gasteiger partial charge in [0.25, 0.3) is 0 Å². The largest absolute Gasteiger partial charge is 0.497 e. The standard InChI is InChI=1S/C18H19N3O2/c1-22-15-9-5-8-14(10-15)12-17-20-18(23-21-17)16(19)11-13-6-3-2-4-7-13/h2-10,16H,11-12,19H2,1H3. The third-order valence-electron chi connectivity index (χ3n) is 3.60. The van der Waals surface area contributed by atoms with Gasteiger partial charge >= 0.3 is 0 Å². The van der Waals surface area contributed by atoms with Gasteiger partial charge in [-0.25, -0.2) is 0 Å². The minimum atomic E-state index is -0.302. The van der Waals surface area contributed by atoms with Crippen LogP contribution in [0.5, 0.6) is 5.75 Å². The second kappa shape index (κ2) is 7.07. The van der Waals surface area contributed by atoms with Gasteiger partial charge in [-0.1, -0.05) is 47.6 Å². The lowest BCUT2D eigenvalue weighted by Crippen LogP contribution is -2.13. The maximum atomic E-state index is 6.16. The molecule has 0 bridgehead atoms. The van der Waals surface area contributed by atoms with Crippen LogP contribution in [0.3, 0.4) is 0 Å². The first-order valence-corrected chi connectivity index (χ1v) is 7.49. The predicted molar refractivity (Wildman–Crippen MR) is 87.2 cm³/mol. The molecule has 0 amide bonds. The number of methoxy groups -OCH3 is 1. The minimum Gasteiger partial charge on any atom is -0.497 e. The van der Waals surface area contributed by atoms with Crippen molar-refractivity contribution in [3.8, 4) is 5.75 Å². The average Bonchev–Trinajstić information content (AvgIpc) is 3.04. The molecule has 1 heterocycles. The number of hydrogen-bond donors (Lipinski definition) is 1. The van der Waals surface area contributed by atoms with Gasteiger partial charge in [-0.15, -0.1) is 0 Å². The molecule has 1 atom stereocenters. The van der Waals surface area contributed by atoms with Crippen molar-refractivity contribution in [2.24, 2.45) is 5.73 Å². The molecule has 23 heavy (non-hydrogen) atoms. The Bertz CT molecular complexity index is 756. The maximum absolute atomic E-state index is 6.16. The summed E-state index contributed by atoms with van der Waals surface area (Å²) in [6.45, 7) is 0. The molecule has 2 aromatic carbocycles. The first-order valence-electron chi connectivity index (χ1n) is 7.49. The van der Waals surface area contributed by atoms with Crippen LogP contribution in [-0.4, -0.2) is 17.3 Å². The summed E-state index contributed by atoms with van der Waals surface area (Å²) in [4.78, 5) is 4.41. The Labute approximate surface area is 135 Å². The van der Waals surface area contributed by atoms with Crippen LogP contribution < -0.4 is 10.5 Å². The highest BCUT2D eigenvalue weighted by molar-refractivity contribution is 5.30. The van der Waals surface area contributed by atoms with E-state index in [1.165, 1.54) is 0 Å². The van der Waals surface area contributed by atoms with Gasteiger partial charge in [0.1, 0.15) is 5.75 Å². The van der Waals surface area contributed by atoms with E-state index >= 15 is 0 Å². The fourth-order valence-corrected chi connectivity index (χ4v) is 2.41. The van der Waals surface area contributed by atoms with E-state index in [-0.39, 0.29) is 6.04 Å². The van der Waals surface area contributed by atoms with Crippen molar-refractivity contribution in [1.29, 1.82) is 0 Å². The summed E-state index contributed by atoms with van der Waals surface area (Å²) in [5, 5.41) is 4.02. The SMILES string of the molecule is COc1cccc(Cc2noc(C(N)Cc3ccccc3)n2)c1. The number of nitrogens with zero attached hydrogens (tertiary/aromatic N) is 2. The van der Waals surface area contributed by atoms with Crippen LogP contribution in [0.15, 0.2) is 59.1 Å². The summed E-state index contributed by atoms with van der Waals surface area (Å²) in [7, 11) is 1.65. The Morgan fingerprint density at radius 2 is 1.87 bits per heavy atom. The Balaban J connectivity index is 1.67. The van der Waals surface area contributed by atoms with E-state index in [9.17, 15) is 0 Å². The van der Waals surface area contributed by atoms with Crippen LogP contribution in [-0.2, 0) is 12.8 Å². The second-order valence-electron chi connectivity index (χ2n) is 5.37. The molecule has 2 N–H and O–H groups in total. The fourth-order valence-electron chi connectivity index (χ4n) is 2.41. The first kappa shape index (κ1) is 15.2. The molecule has 3 rings (SSSR count). The molecule has 118 valence electrons. The zero-order valence-electron chi connectivity index (χ0n) is 13.0. The smallest absolute Gasteiger partial charge is 0.243 e. The number of ether oxygens (including phenoxy) is 1. The van der Waals surface area contributed by atoms with Crippen molar-refractivity contribution >= 4 is 0 Å². The molecule has 0 saturated carbocycles. The van der Waals surface area contributed by atoms with Gasteiger partial charge in [-0.3, -0.25) is 0 Å². The van der Waals surface area contributed by atoms with Crippen LogP contribution >= 0.6 is 0 Å². The summed E-state index contributed by atoms with van der Waals surface area (Å²) >= 11 is 0. The lowest BCUT2D eigenvalue weighted by Gasteiger charge is -2.06. The number of benzene rings is 2. The van der Waals surface area contributed by atoms with Crippen molar-refractivity contribution in [2.75, 3.05) is 7.11 Å². The number of nitrogens with two attached hydrogens (primary N) is 1. The molecular formula is C18H19N3O2. The molecule has 5 nitrogen and oxygen atoms in total. The molecule has 0 radical (unpaired) electrons. The predicted octanol–water partition coefficient (Wildman–Crippen LogP) is 2.91. The van der Waals surface area contributed by atoms with Crippen LogP contribution in [0.1, 0.15) is 28.9 Å². The molecule has 0 aliphatic rings. The fraction of sp³-hybridized carbons (Fsp3) is 0.222. The molecule has 0 aliphatic heterocycles. The van der Waals surface area contributed by atoms with Crippen molar-refractivity contribution in [3.63, 3.8) is 0 Å². The normalized spacial score (nSPS) is 12.1. The van der Waals surface area contributed by atoms with Crippen molar-refractivity contribution in [3.05, 3.63) is 77.4 Å². The van der Waals surface area contributed by atoms with Crippen LogP contribution in [0, 0.1) is 0 Å². The van der Waals surface area contributed by atoms with Gasteiger partial charge in [0.2, 0.25) is 5.89 Å². The van der Waals surface area contributed by atoms with Gasteiger partial charge in [0.05, 0.1) is 13.2 Å². The summed E-state index contributed by atoms with van der Waals surface area (Å²) in [5.41, 5.74) is 8.37. The number of aromatic nitrogens is 2. The van der Waals surface area contributed by atoms with E-state index in [0.29, 0.717) is 24.6 Å². The van der Waals surface area contributed by atoms with Crippen LogP contribution in [0.2, 0.25) is 0 Å².